The van der Waals surface area contributed by atoms with Crippen molar-refractivity contribution >= 4 is 38.7 Å². The first-order valence-electron chi connectivity index (χ1n) is 7.37. The number of nitrogens with zero attached hydrogens (tertiary/aromatic N) is 2. The van der Waals surface area contributed by atoms with Gasteiger partial charge in [-0.25, -0.2) is 0 Å². The van der Waals surface area contributed by atoms with Gasteiger partial charge >= 0.3 is 0 Å². The summed E-state index contributed by atoms with van der Waals surface area (Å²) >= 11 is 3.36. The van der Waals surface area contributed by atoms with Crippen LogP contribution in [0, 0.1) is 0 Å². The van der Waals surface area contributed by atoms with E-state index in [1.807, 2.05) is 36.4 Å². The van der Waals surface area contributed by atoms with Crippen LogP contribution in [0.5, 0.6) is 5.75 Å². The molecule has 0 aliphatic carbocycles. The Labute approximate surface area is 147 Å². The monoisotopic (exact) mass is 382 g/mol. The summed E-state index contributed by atoms with van der Waals surface area (Å²) in [5.74, 6) is -0.0585. The summed E-state index contributed by atoms with van der Waals surface area (Å²) in [7, 11) is 0. The lowest BCUT2D eigenvalue weighted by molar-refractivity contribution is 0.478. The highest BCUT2D eigenvalue weighted by Crippen LogP contribution is 2.26. The standard InChI is InChI=1S/C19H15BrN2O2/c1-2-11-22-17-6-4-3-5-15(17)18(23)16(19(22)24)12-21-14-9-7-13(20)8-10-14/h2-10,12,23H,1,11H2. The van der Waals surface area contributed by atoms with Crippen molar-refractivity contribution in [3.63, 3.8) is 0 Å². The summed E-state index contributed by atoms with van der Waals surface area (Å²) in [6.45, 7) is 4.06. The van der Waals surface area contributed by atoms with Gasteiger partial charge in [0, 0.05) is 22.6 Å². The molecule has 0 radical (unpaired) electrons. The molecule has 0 amide bonds. The normalized spacial score (nSPS) is 11.2. The van der Waals surface area contributed by atoms with Gasteiger partial charge in [0.1, 0.15) is 11.3 Å². The molecule has 0 atom stereocenters. The summed E-state index contributed by atoms with van der Waals surface area (Å²) in [6.07, 6.45) is 3.06. The van der Waals surface area contributed by atoms with E-state index in [2.05, 4.69) is 27.5 Å². The Morgan fingerprint density at radius 3 is 2.58 bits per heavy atom. The molecule has 3 aromatic rings. The molecule has 1 aromatic heterocycles. The average molecular weight is 383 g/mol. The Kier molecular flexibility index (Phi) is 4.62. The van der Waals surface area contributed by atoms with Crippen molar-refractivity contribution in [2.45, 2.75) is 6.54 Å². The van der Waals surface area contributed by atoms with Crippen LogP contribution in [0.25, 0.3) is 10.9 Å². The molecule has 0 saturated heterocycles. The van der Waals surface area contributed by atoms with Crippen LogP contribution in [0.2, 0.25) is 0 Å². The van der Waals surface area contributed by atoms with Gasteiger partial charge in [-0.3, -0.25) is 9.79 Å². The van der Waals surface area contributed by atoms with Crippen molar-refractivity contribution in [1.29, 1.82) is 0 Å². The molecule has 4 nitrogen and oxygen atoms in total. The number of aromatic nitrogens is 1. The largest absolute Gasteiger partial charge is 0.506 e. The van der Waals surface area contributed by atoms with Gasteiger partial charge in [-0.2, -0.15) is 0 Å². The predicted molar refractivity (Wildman–Crippen MR) is 101 cm³/mol. The Balaban J connectivity index is 2.18. The number of para-hydroxylation sites is 1. The van der Waals surface area contributed by atoms with Gasteiger partial charge in [0.25, 0.3) is 5.56 Å². The molecule has 1 N–H and O–H groups in total. The SMILES string of the molecule is C=CCn1c(=O)c(C=Nc2ccc(Br)cc2)c(O)c2ccccc21. The fourth-order valence-electron chi connectivity index (χ4n) is 2.50. The molecule has 5 heteroatoms. The van der Waals surface area contributed by atoms with E-state index in [-0.39, 0.29) is 16.9 Å². The zero-order valence-corrected chi connectivity index (χ0v) is 14.4. The first-order valence-corrected chi connectivity index (χ1v) is 8.16. The third kappa shape index (κ3) is 3.03. The highest BCUT2D eigenvalue weighted by molar-refractivity contribution is 9.10. The van der Waals surface area contributed by atoms with Gasteiger partial charge in [0.15, 0.2) is 0 Å². The maximum atomic E-state index is 12.7. The fraction of sp³-hybridized carbons (Fsp3) is 0.0526. The van der Waals surface area contributed by atoms with Crippen molar-refractivity contribution in [2.24, 2.45) is 4.99 Å². The number of pyridine rings is 1. The van der Waals surface area contributed by atoms with Crippen LogP contribution in [-0.2, 0) is 6.54 Å². The van der Waals surface area contributed by atoms with Crippen molar-refractivity contribution in [2.75, 3.05) is 0 Å². The minimum atomic E-state index is -0.299. The predicted octanol–water partition coefficient (Wildman–Crippen LogP) is 4.41. The number of rotatable bonds is 4. The van der Waals surface area contributed by atoms with Crippen LogP contribution in [0.4, 0.5) is 5.69 Å². The van der Waals surface area contributed by atoms with Crippen molar-refractivity contribution < 1.29 is 5.11 Å². The van der Waals surface area contributed by atoms with Crippen molar-refractivity contribution in [1.82, 2.24) is 4.57 Å². The molecule has 120 valence electrons. The highest BCUT2D eigenvalue weighted by atomic mass is 79.9. The minimum Gasteiger partial charge on any atom is -0.506 e. The van der Waals surface area contributed by atoms with E-state index in [0.717, 1.165) is 4.47 Å². The minimum absolute atomic E-state index is 0.0585. The lowest BCUT2D eigenvalue weighted by atomic mass is 10.1. The van der Waals surface area contributed by atoms with Gasteiger partial charge in [0.05, 0.1) is 11.2 Å². The van der Waals surface area contributed by atoms with Crippen LogP contribution >= 0.6 is 15.9 Å². The maximum absolute atomic E-state index is 12.7. The van der Waals surface area contributed by atoms with Crippen LogP contribution in [0.15, 0.2) is 75.4 Å². The third-order valence-electron chi connectivity index (χ3n) is 3.66. The first-order chi connectivity index (χ1) is 11.6. The van der Waals surface area contributed by atoms with Gasteiger partial charge < -0.3 is 9.67 Å². The smallest absolute Gasteiger partial charge is 0.263 e. The zero-order valence-electron chi connectivity index (χ0n) is 12.8. The molecular formula is C19H15BrN2O2. The third-order valence-corrected chi connectivity index (χ3v) is 4.19. The average Bonchev–Trinajstić information content (AvgIpc) is 2.60. The number of aliphatic imine (C=N–C) groups is 1. The summed E-state index contributed by atoms with van der Waals surface area (Å²) < 4.78 is 2.52. The van der Waals surface area contributed by atoms with E-state index >= 15 is 0 Å². The first kappa shape index (κ1) is 16.2. The number of hydrogen-bond acceptors (Lipinski definition) is 3. The maximum Gasteiger partial charge on any atom is 0.263 e. The Morgan fingerprint density at radius 2 is 1.88 bits per heavy atom. The number of aromatic hydroxyl groups is 1. The van der Waals surface area contributed by atoms with Gasteiger partial charge in [-0.1, -0.05) is 34.1 Å². The van der Waals surface area contributed by atoms with E-state index in [9.17, 15) is 9.90 Å². The number of benzene rings is 2. The van der Waals surface area contributed by atoms with Crippen LogP contribution in [0.1, 0.15) is 5.56 Å². The van der Waals surface area contributed by atoms with Gasteiger partial charge in [-0.15, -0.1) is 6.58 Å². The zero-order chi connectivity index (χ0) is 17.1. The van der Waals surface area contributed by atoms with E-state index in [1.165, 1.54) is 6.21 Å². The molecule has 24 heavy (non-hydrogen) atoms. The Hall–Kier alpha value is -2.66. The van der Waals surface area contributed by atoms with Crippen molar-refractivity contribution in [3.05, 3.63) is 81.6 Å². The van der Waals surface area contributed by atoms with Crippen LogP contribution < -0.4 is 5.56 Å². The Bertz CT molecular complexity index is 989. The summed E-state index contributed by atoms with van der Waals surface area (Å²) in [5.41, 5.74) is 1.23. The lowest BCUT2D eigenvalue weighted by Gasteiger charge is -2.11. The second kappa shape index (κ2) is 6.84. The number of fused-ring (bicyclic) bond motifs is 1. The fourth-order valence-corrected chi connectivity index (χ4v) is 2.77. The van der Waals surface area contributed by atoms with E-state index < -0.39 is 0 Å². The summed E-state index contributed by atoms with van der Waals surface area (Å²) in [5, 5.41) is 11.1. The number of hydrogen-bond donors (Lipinski definition) is 1. The lowest BCUT2D eigenvalue weighted by Crippen LogP contribution is -2.23. The molecule has 0 unspecified atom stereocenters. The topological polar surface area (TPSA) is 54.6 Å². The summed E-state index contributed by atoms with van der Waals surface area (Å²) in [4.78, 5) is 17.0. The molecule has 3 rings (SSSR count). The van der Waals surface area contributed by atoms with E-state index in [0.29, 0.717) is 23.1 Å². The molecule has 0 aliphatic heterocycles. The summed E-state index contributed by atoms with van der Waals surface area (Å²) in [6, 6.07) is 14.6. The second-order valence-electron chi connectivity index (χ2n) is 5.22. The van der Waals surface area contributed by atoms with E-state index in [4.69, 9.17) is 0 Å². The van der Waals surface area contributed by atoms with Crippen molar-refractivity contribution in [3.8, 4) is 5.75 Å². The molecule has 0 bridgehead atoms. The Morgan fingerprint density at radius 1 is 1.17 bits per heavy atom. The van der Waals surface area contributed by atoms with E-state index in [1.54, 1.807) is 22.8 Å². The van der Waals surface area contributed by atoms with Crippen LogP contribution in [-0.4, -0.2) is 15.9 Å². The number of allylic oxidation sites excluding steroid dienone is 1. The second-order valence-corrected chi connectivity index (χ2v) is 6.13. The molecule has 0 aliphatic rings. The van der Waals surface area contributed by atoms with Gasteiger partial charge in [0.2, 0.25) is 0 Å². The van der Waals surface area contributed by atoms with Crippen LogP contribution in [0.3, 0.4) is 0 Å². The molecule has 0 spiro atoms. The highest BCUT2D eigenvalue weighted by Gasteiger charge is 2.13. The quantitative estimate of drug-likeness (QED) is 0.536. The molecule has 0 saturated carbocycles. The molecule has 0 fully saturated rings. The number of halogens is 1. The molecule has 2 aromatic carbocycles. The van der Waals surface area contributed by atoms with Gasteiger partial charge in [-0.05, 0) is 36.4 Å². The molecule has 1 heterocycles. The molecular weight excluding hydrogens is 368 g/mol.